The topological polar surface area (TPSA) is 93.2 Å². The summed E-state index contributed by atoms with van der Waals surface area (Å²) >= 11 is 6.14. The van der Waals surface area contributed by atoms with Crippen LogP contribution in [0, 0.1) is 5.92 Å². The van der Waals surface area contributed by atoms with E-state index in [1.54, 1.807) is 78.9 Å². The highest BCUT2D eigenvalue weighted by Gasteiger charge is 2.60. The van der Waals surface area contributed by atoms with E-state index in [0.717, 1.165) is 4.90 Å². The second kappa shape index (κ2) is 9.85. The van der Waals surface area contributed by atoms with Gasteiger partial charge in [0.2, 0.25) is 5.91 Å². The molecule has 2 saturated heterocycles. The Kier molecular flexibility index (Phi) is 6.34. The number of hydrogen-bond acceptors (Lipinski definition) is 7. The molecule has 0 radical (unpaired) electrons. The zero-order valence-corrected chi connectivity index (χ0v) is 21.8. The number of fused-ring (bicyclic) bond motifs is 1. The summed E-state index contributed by atoms with van der Waals surface area (Å²) in [6.45, 7) is 0. The number of hydrogen-bond donors (Lipinski definition) is 0. The van der Waals surface area contributed by atoms with E-state index in [2.05, 4.69) is 0 Å². The SMILES string of the molecule is O=C1C2ON(c3ccccc3)C(c3ccccc3OS(=O)(=O)c3ccccc3)C2C(=O)N1c1cccc(Cl)c1. The Bertz CT molecular complexity index is 1670. The lowest BCUT2D eigenvalue weighted by Gasteiger charge is -2.29. The molecule has 2 aliphatic heterocycles. The molecule has 3 atom stereocenters. The van der Waals surface area contributed by atoms with Crippen LogP contribution in [0.3, 0.4) is 0 Å². The Hall–Kier alpha value is -4.18. The lowest BCUT2D eigenvalue weighted by molar-refractivity contribution is -0.126. The summed E-state index contributed by atoms with van der Waals surface area (Å²) in [6, 6.07) is 28.9. The van der Waals surface area contributed by atoms with Crippen molar-refractivity contribution in [1.82, 2.24) is 0 Å². The molecule has 2 aliphatic rings. The quantitative estimate of drug-likeness (QED) is 0.237. The van der Waals surface area contributed by atoms with Crippen LogP contribution in [-0.4, -0.2) is 26.3 Å². The monoisotopic (exact) mass is 560 g/mol. The lowest BCUT2D eigenvalue weighted by Crippen LogP contribution is -2.37. The molecule has 8 nitrogen and oxygen atoms in total. The van der Waals surface area contributed by atoms with Crippen LogP contribution in [0.5, 0.6) is 5.75 Å². The zero-order valence-electron chi connectivity index (χ0n) is 20.3. The molecule has 0 saturated carbocycles. The predicted octanol–water partition coefficient (Wildman–Crippen LogP) is 5.16. The molecule has 39 heavy (non-hydrogen) atoms. The molecule has 10 heteroatoms. The fourth-order valence-corrected chi connectivity index (χ4v) is 6.11. The molecule has 0 bridgehead atoms. The normalized spacial score (nSPS) is 20.8. The molecule has 2 heterocycles. The largest absolute Gasteiger partial charge is 0.379 e. The first kappa shape index (κ1) is 25.1. The van der Waals surface area contributed by atoms with Crippen LogP contribution < -0.4 is 14.1 Å². The number of carbonyl (C=O) groups excluding carboxylic acids is 2. The van der Waals surface area contributed by atoms with Crippen LogP contribution in [0.15, 0.2) is 114 Å². The average Bonchev–Trinajstić information content (AvgIpc) is 3.45. The molecule has 0 N–H and O–H groups in total. The van der Waals surface area contributed by atoms with Gasteiger partial charge in [-0.25, -0.2) is 9.96 Å². The standard InChI is InChI=1S/C29H21ClN2O6S/c30-19-10-9-13-21(18-19)31-28(33)25-26(32(37-27(25)29(31)34)20-11-3-1-4-12-20)23-16-7-8-17-24(23)38-39(35,36)22-14-5-2-6-15-22/h1-18,25-27H. The van der Waals surface area contributed by atoms with Crippen LogP contribution in [0.25, 0.3) is 0 Å². The van der Waals surface area contributed by atoms with Crippen molar-refractivity contribution in [3.8, 4) is 5.75 Å². The zero-order chi connectivity index (χ0) is 27.1. The van der Waals surface area contributed by atoms with Crippen molar-refractivity contribution in [3.05, 3.63) is 120 Å². The number of nitrogens with zero attached hydrogens (tertiary/aromatic N) is 2. The van der Waals surface area contributed by atoms with Crippen LogP contribution in [0.1, 0.15) is 11.6 Å². The van der Waals surface area contributed by atoms with Gasteiger partial charge in [-0.3, -0.25) is 14.4 Å². The van der Waals surface area contributed by atoms with E-state index in [-0.39, 0.29) is 10.6 Å². The summed E-state index contributed by atoms with van der Waals surface area (Å²) in [6.07, 6.45) is -1.14. The third-order valence-electron chi connectivity index (χ3n) is 6.66. The van der Waals surface area contributed by atoms with Gasteiger partial charge >= 0.3 is 10.1 Å². The molecule has 6 rings (SSSR count). The van der Waals surface area contributed by atoms with Gasteiger partial charge in [0.15, 0.2) is 6.10 Å². The van der Waals surface area contributed by atoms with Crippen LogP contribution >= 0.6 is 11.6 Å². The number of hydroxylamine groups is 1. The van der Waals surface area contributed by atoms with Crippen LogP contribution in [0.4, 0.5) is 11.4 Å². The summed E-state index contributed by atoms with van der Waals surface area (Å²) in [5, 5.41) is 1.86. The van der Waals surface area contributed by atoms with Crippen molar-refractivity contribution in [3.63, 3.8) is 0 Å². The van der Waals surface area contributed by atoms with E-state index in [4.69, 9.17) is 20.6 Å². The van der Waals surface area contributed by atoms with Crippen molar-refractivity contribution >= 4 is 44.9 Å². The molecule has 2 fully saturated rings. The molecule has 2 amide bonds. The minimum absolute atomic E-state index is 0.0143. The number of halogens is 1. The van der Waals surface area contributed by atoms with E-state index >= 15 is 0 Å². The highest BCUT2D eigenvalue weighted by molar-refractivity contribution is 7.87. The van der Waals surface area contributed by atoms with Gasteiger partial charge in [0.05, 0.1) is 17.4 Å². The van der Waals surface area contributed by atoms with Crippen molar-refractivity contribution in [2.24, 2.45) is 5.92 Å². The van der Waals surface area contributed by atoms with Crippen molar-refractivity contribution < 1.29 is 27.0 Å². The van der Waals surface area contributed by atoms with Gasteiger partial charge in [-0.2, -0.15) is 8.42 Å². The molecular weight excluding hydrogens is 540 g/mol. The smallest absolute Gasteiger partial charge is 0.339 e. The second-order valence-electron chi connectivity index (χ2n) is 9.04. The van der Waals surface area contributed by atoms with Crippen molar-refractivity contribution in [2.75, 3.05) is 9.96 Å². The number of benzene rings is 4. The van der Waals surface area contributed by atoms with E-state index in [1.165, 1.54) is 29.3 Å². The van der Waals surface area contributed by atoms with Gasteiger partial charge in [-0.1, -0.05) is 72.3 Å². The first-order chi connectivity index (χ1) is 18.8. The van der Waals surface area contributed by atoms with Crippen LogP contribution in [-0.2, 0) is 24.5 Å². The third kappa shape index (κ3) is 4.44. The Morgan fingerprint density at radius 2 is 1.38 bits per heavy atom. The lowest BCUT2D eigenvalue weighted by atomic mass is 9.90. The third-order valence-corrected chi connectivity index (χ3v) is 8.15. The van der Waals surface area contributed by atoms with E-state index in [9.17, 15) is 18.0 Å². The Labute approximate surface area is 230 Å². The fraction of sp³-hybridized carbons (Fsp3) is 0.103. The molecule has 0 aromatic heterocycles. The molecule has 4 aromatic rings. The Morgan fingerprint density at radius 1 is 0.744 bits per heavy atom. The molecule has 3 unspecified atom stereocenters. The number of carbonyl (C=O) groups is 2. The van der Waals surface area contributed by atoms with Crippen LogP contribution in [0.2, 0.25) is 5.02 Å². The second-order valence-corrected chi connectivity index (χ2v) is 11.0. The minimum atomic E-state index is -4.19. The summed E-state index contributed by atoms with van der Waals surface area (Å²) < 4.78 is 31.9. The molecule has 196 valence electrons. The van der Waals surface area contributed by atoms with Crippen molar-refractivity contribution in [1.29, 1.82) is 0 Å². The highest BCUT2D eigenvalue weighted by Crippen LogP contribution is 2.49. The van der Waals surface area contributed by atoms with Gasteiger partial charge in [-0.05, 0) is 48.5 Å². The fourth-order valence-electron chi connectivity index (χ4n) is 4.95. The number of para-hydroxylation sites is 2. The number of rotatable bonds is 6. The van der Waals surface area contributed by atoms with Gasteiger partial charge in [0.25, 0.3) is 5.91 Å². The van der Waals surface area contributed by atoms with Gasteiger partial charge in [0.1, 0.15) is 16.6 Å². The number of imide groups is 1. The predicted molar refractivity (Wildman–Crippen MR) is 145 cm³/mol. The number of anilines is 2. The maximum atomic E-state index is 13.9. The van der Waals surface area contributed by atoms with Gasteiger partial charge < -0.3 is 4.18 Å². The summed E-state index contributed by atoms with van der Waals surface area (Å²) in [5.74, 6) is -1.98. The minimum Gasteiger partial charge on any atom is -0.379 e. The summed E-state index contributed by atoms with van der Waals surface area (Å²) in [7, 11) is -4.19. The maximum Gasteiger partial charge on any atom is 0.339 e. The van der Waals surface area contributed by atoms with Gasteiger partial charge in [0, 0.05) is 10.6 Å². The molecule has 0 spiro atoms. The molecule has 4 aromatic carbocycles. The molecular formula is C29H21ClN2O6S. The Morgan fingerprint density at radius 3 is 2.10 bits per heavy atom. The average molecular weight is 561 g/mol. The number of amides is 2. The maximum absolute atomic E-state index is 13.9. The molecule has 0 aliphatic carbocycles. The van der Waals surface area contributed by atoms with E-state index in [1.807, 2.05) is 6.07 Å². The van der Waals surface area contributed by atoms with E-state index in [0.29, 0.717) is 22.0 Å². The summed E-state index contributed by atoms with van der Waals surface area (Å²) in [4.78, 5) is 34.6. The van der Waals surface area contributed by atoms with E-state index < -0.39 is 40.0 Å². The first-order valence-corrected chi connectivity index (χ1v) is 13.9. The van der Waals surface area contributed by atoms with Gasteiger partial charge in [-0.15, -0.1) is 0 Å². The Balaban J connectivity index is 1.45. The first-order valence-electron chi connectivity index (χ1n) is 12.1. The summed E-state index contributed by atoms with van der Waals surface area (Å²) in [5.41, 5.74) is 1.30. The highest BCUT2D eigenvalue weighted by atomic mass is 35.5. The van der Waals surface area contributed by atoms with Crippen molar-refractivity contribution in [2.45, 2.75) is 17.0 Å².